The van der Waals surface area contributed by atoms with E-state index in [2.05, 4.69) is 0 Å². The molecule has 212 valence electrons. The minimum Gasteiger partial charge on any atom is -0.467 e. The maximum Gasteiger partial charge on any atom is 0.416 e. The zero-order valence-electron chi connectivity index (χ0n) is 21.8. The number of carbonyl (C=O) groups excluding carboxylic acids is 1. The van der Waals surface area contributed by atoms with Gasteiger partial charge in [0, 0.05) is 6.54 Å². The molecule has 1 aromatic heterocycles. The number of carbonyl (C=O) groups is 1. The number of benzene rings is 2. The van der Waals surface area contributed by atoms with Crippen LogP contribution in [-0.2, 0) is 34.2 Å². The van der Waals surface area contributed by atoms with Gasteiger partial charge < -0.3 is 13.5 Å². The zero-order chi connectivity index (χ0) is 28.1. The van der Waals surface area contributed by atoms with E-state index in [1.165, 1.54) is 31.4 Å². The first-order chi connectivity index (χ1) is 19.0. The van der Waals surface area contributed by atoms with Crippen molar-refractivity contribution in [3.05, 3.63) is 83.8 Å². The molecule has 1 amide bonds. The van der Waals surface area contributed by atoms with Crippen LogP contribution in [-0.4, -0.2) is 19.2 Å². The lowest BCUT2D eigenvalue weighted by atomic mass is 9.49. The number of hydrogen-bond acceptors (Lipinski definition) is 5. The lowest BCUT2D eigenvalue weighted by molar-refractivity contribution is -0.159. The van der Waals surface area contributed by atoms with E-state index in [0.29, 0.717) is 35.1 Å². The van der Waals surface area contributed by atoms with Gasteiger partial charge in [-0.25, -0.2) is 0 Å². The third-order valence-electron chi connectivity index (χ3n) is 8.63. The highest BCUT2D eigenvalue weighted by Gasteiger charge is 2.55. The van der Waals surface area contributed by atoms with Gasteiger partial charge in [0.1, 0.15) is 16.4 Å². The maximum atomic E-state index is 14.2. The van der Waals surface area contributed by atoms with Crippen molar-refractivity contribution in [1.29, 1.82) is 0 Å². The first kappa shape index (κ1) is 26.9. The summed E-state index contributed by atoms with van der Waals surface area (Å²) in [5, 5.41) is 0. The molecule has 4 saturated carbocycles. The van der Waals surface area contributed by atoms with Crippen LogP contribution in [0, 0.1) is 23.2 Å². The lowest BCUT2D eigenvalue weighted by Crippen LogP contribution is -2.54. The summed E-state index contributed by atoms with van der Waals surface area (Å²) in [5.74, 6) is 2.49. The molecule has 0 unspecified atom stereocenters. The van der Waals surface area contributed by atoms with Crippen LogP contribution in [0.15, 0.2) is 76.2 Å². The molecule has 4 aliphatic carbocycles. The molecule has 10 heteroatoms. The third-order valence-corrected chi connectivity index (χ3v) is 9.88. The van der Waals surface area contributed by atoms with Crippen molar-refractivity contribution < 1.29 is 35.0 Å². The molecular formula is C30H30F3NO5S. The van der Waals surface area contributed by atoms with Crippen molar-refractivity contribution in [3.8, 4) is 5.75 Å². The smallest absolute Gasteiger partial charge is 0.416 e. The van der Waals surface area contributed by atoms with Crippen molar-refractivity contribution >= 4 is 16.0 Å². The van der Waals surface area contributed by atoms with E-state index in [1.54, 1.807) is 29.4 Å². The van der Waals surface area contributed by atoms with E-state index >= 15 is 0 Å². The number of hydrogen-bond donors (Lipinski definition) is 0. The zero-order valence-corrected chi connectivity index (χ0v) is 22.6. The maximum absolute atomic E-state index is 14.2. The average molecular weight is 574 g/mol. The number of rotatable bonds is 8. The van der Waals surface area contributed by atoms with Crippen molar-refractivity contribution in [1.82, 2.24) is 4.90 Å². The quantitative estimate of drug-likeness (QED) is 0.277. The van der Waals surface area contributed by atoms with Crippen LogP contribution in [0.25, 0.3) is 0 Å². The number of amides is 1. The Morgan fingerprint density at radius 3 is 2.23 bits per heavy atom. The Hall–Kier alpha value is -3.27. The van der Waals surface area contributed by atoms with Gasteiger partial charge in [-0.05, 0) is 104 Å². The van der Waals surface area contributed by atoms with Crippen LogP contribution in [0.2, 0.25) is 0 Å². The Bertz CT molecular complexity index is 1460. The summed E-state index contributed by atoms with van der Waals surface area (Å²) in [4.78, 5) is 15.4. The van der Waals surface area contributed by atoms with Crippen LogP contribution in [0.1, 0.15) is 55.4 Å². The van der Waals surface area contributed by atoms with Crippen molar-refractivity contribution in [2.24, 2.45) is 23.2 Å². The molecule has 3 aromatic rings. The second-order valence-corrected chi connectivity index (χ2v) is 13.2. The highest BCUT2D eigenvalue weighted by atomic mass is 32.2. The Morgan fingerprint density at radius 2 is 1.60 bits per heavy atom. The average Bonchev–Trinajstić information content (AvgIpc) is 3.40. The normalized spacial score (nSPS) is 25.6. The van der Waals surface area contributed by atoms with E-state index in [4.69, 9.17) is 8.60 Å². The summed E-state index contributed by atoms with van der Waals surface area (Å²) < 4.78 is 75.8. The van der Waals surface area contributed by atoms with Crippen molar-refractivity contribution in [2.45, 2.75) is 62.7 Å². The van der Waals surface area contributed by atoms with E-state index in [1.807, 2.05) is 6.07 Å². The van der Waals surface area contributed by atoms with Gasteiger partial charge in [-0.15, -0.1) is 0 Å². The fourth-order valence-corrected chi connectivity index (χ4v) is 8.39. The van der Waals surface area contributed by atoms with Gasteiger partial charge in [-0.3, -0.25) is 4.79 Å². The second kappa shape index (κ2) is 9.98. The Balaban J connectivity index is 1.24. The van der Waals surface area contributed by atoms with Crippen molar-refractivity contribution in [3.63, 3.8) is 0 Å². The van der Waals surface area contributed by atoms with Crippen LogP contribution >= 0.6 is 0 Å². The molecule has 6 nitrogen and oxygen atoms in total. The van der Waals surface area contributed by atoms with Gasteiger partial charge in [0.2, 0.25) is 5.91 Å². The third kappa shape index (κ3) is 5.38. The summed E-state index contributed by atoms with van der Waals surface area (Å²) in [6.45, 7) is 0.489. The monoisotopic (exact) mass is 573 g/mol. The van der Waals surface area contributed by atoms with Gasteiger partial charge >= 0.3 is 16.3 Å². The summed E-state index contributed by atoms with van der Waals surface area (Å²) in [5.41, 5.74) is -0.813. The molecule has 0 atom stereocenters. The number of nitrogens with zero attached hydrogens (tertiary/aromatic N) is 1. The SMILES string of the molecule is O=C(N(Cc1cccc(OS(=O)(=O)c2cccc(C(F)(F)F)c2)c1)Cc1ccco1)C12CC3CC(CC(C3)C1)C2. The largest absolute Gasteiger partial charge is 0.467 e. The predicted octanol–water partition coefficient (Wildman–Crippen LogP) is 6.81. The minimum absolute atomic E-state index is 0.0462. The standard InChI is InChI=1S/C30H30F3NO5S/c31-30(32,33)24-5-2-8-27(14-24)40(36,37)39-25-6-1-4-20(13-25)18-34(19-26-7-3-9-38-26)28(35)29-15-21-10-22(16-29)12-23(11-21)17-29/h1-9,13-14,21-23H,10-12,15-19H2. The molecule has 2 aromatic carbocycles. The first-order valence-electron chi connectivity index (χ1n) is 13.5. The van der Waals surface area contributed by atoms with Gasteiger partial charge in [-0.1, -0.05) is 18.2 Å². The van der Waals surface area contributed by atoms with Gasteiger partial charge in [0.05, 0.1) is 23.8 Å². The highest BCUT2D eigenvalue weighted by molar-refractivity contribution is 7.87. The highest BCUT2D eigenvalue weighted by Crippen LogP contribution is 2.60. The molecule has 1 heterocycles. The molecule has 4 aliphatic rings. The van der Waals surface area contributed by atoms with E-state index in [-0.39, 0.29) is 30.2 Å². The van der Waals surface area contributed by atoms with Gasteiger partial charge in [-0.2, -0.15) is 21.6 Å². The summed E-state index contributed by atoms with van der Waals surface area (Å²) in [6.07, 6.45) is 3.24. The van der Waals surface area contributed by atoms with E-state index < -0.39 is 26.8 Å². The molecule has 0 saturated heterocycles. The topological polar surface area (TPSA) is 76.8 Å². The number of alkyl halides is 3. The second-order valence-electron chi connectivity index (χ2n) is 11.6. The fraction of sp³-hybridized carbons (Fsp3) is 0.433. The molecule has 4 fully saturated rings. The minimum atomic E-state index is -4.69. The van der Waals surface area contributed by atoms with E-state index in [0.717, 1.165) is 37.5 Å². The lowest BCUT2D eigenvalue weighted by Gasteiger charge is -2.56. The fourth-order valence-electron chi connectivity index (χ4n) is 7.42. The van der Waals surface area contributed by atoms with Crippen LogP contribution < -0.4 is 4.18 Å². The molecule has 40 heavy (non-hydrogen) atoms. The molecule has 0 aliphatic heterocycles. The van der Waals surface area contributed by atoms with Crippen LogP contribution in [0.4, 0.5) is 13.2 Å². The molecule has 0 N–H and O–H groups in total. The Kier molecular flexibility index (Phi) is 6.71. The molecule has 0 radical (unpaired) electrons. The molecular weight excluding hydrogens is 543 g/mol. The summed E-state index contributed by atoms with van der Waals surface area (Å²) >= 11 is 0. The Morgan fingerprint density at radius 1 is 0.925 bits per heavy atom. The first-order valence-corrected chi connectivity index (χ1v) is 14.9. The molecule has 4 bridgehead atoms. The van der Waals surface area contributed by atoms with Crippen LogP contribution in [0.3, 0.4) is 0 Å². The van der Waals surface area contributed by atoms with Crippen LogP contribution in [0.5, 0.6) is 5.75 Å². The summed E-state index contributed by atoms with van der Waals surface area (Å²) in [6, 6.07) is 13.3. The number of furan rings is 1. The van der Waals surface area contributed by atoms with Crippen molar-refractivity contribution in [2.75, 3.05) is 0 Å². The van der Waals surface area contributed by atoms with Gasteiger partial charge in [0.15, 0.2) is 0 Å². The van der Waals surface area contributed by atoms with Gasteiger partial charge in [0.25, 0.3) is 0 Å². The predicted molar refractivity (Wildman–Crippen MR) is 139 cm³/mol. The Labute approximate surface area is 231 Å². The number of halogens is 3. The van der Waals surface area contributed by atoms with E-state index in [9.17, 15) is 26.4 Å². The summed E-state index contributed by atoms with van der Waals surface area (Å²) in [7, 11) is -4.52. The molecule has 0 spiro atoms. The molecule has 7 rings (SSSR count).